The molecule has 0 rings (SSSR count). The molecule has 2 atom stereocenters. The molecule has 0 fully saturated rings. The van der Waals surface area contributed by atoms with E-state index in [-0.39, 0.29) is 18.5 Å². The van der Waals surface area contributed by atoms with E-state index in [2.05, 4.69) is 19.2 Å². The summed E-state index contributed by atoms with van der Waals surface area (Å²) in [4.78, 5) is 24.6. The Hall–Kier alpha value is -1.40. The number of carbonyl (C=O) groups excluding carboxylic acids is 2. The number of hydrogen-bond acceptors (Lipinski definition) is 5. The van der Waals surface area contributed by atoms with Crippen molar-refractivity contribution in [3.8, 4) is 0 Å². The number of esters is 1. The van der Waals surface area contributed by atoms with Crippen molar-refractivity contribution in [2.45, 2.75) is 443 Å². The van der Waals surface area contributed by atoms with Crippen LogP contribution in [0.25, 0.3) is 0 Å². The van der Waals surface area contributed by atoms with Gasteiger partial charge >= 0.3 is 5.97 Å². The lowest BCUT2D eigenvalue weighted by atomic mass is 10.0. The van der Waals surface area contributed by atoms with Gasteiger partial charge in [-0.25, -0.2) is 0 Å². The van der Waals surface area contributed by atoms with Gasteiger partial charge in [0.15, 0.2) is 0 Å². The van der Waals surface area contributed by atoms with Crippen LogP contribution in [0.2, 0.25) is 0 Å². The van der Waals surface area contributed by atoms with Crippen molar-refractivity contribution < 1.29 is 24.5 Å². The number of ether oxygens (including phenoxy) is 1. The summed E-state index contributed by atoms with van der Waals surface area (Å²) in [6, 6.07) is -0.624. The molecule has 81 heavy (non-hydrogen) atoms. The molecule has 1 amide bonds. The van der Waals surface area contributed by atoms with Crippen LogP contribution in [0, 0.1) is 0 Å². The van der Waals surface area contributed by atoms with Crippen LogP contribution in [-0.4, -0.2) is 47.4 Å². The number of aliphatic hydroxyl groups excluding tert-OH is 2. The van der Waals surface area contributed by atoms with Gasteiger partial charge in [-0.15, -0.1) is 0 Å². The summed E-state index contributed by atoms with van der Waals surface area (Å²) in [7, 11) is 0. The Kier molecular flexibility index (Phi) is 69.9. The average molecular weight is 1140 g/mol. The van der Waals surface area contributed by atoms with E-state index in [1.54, 1.807) is 6.08 Å². The average Bonchev–Trinajstić information content (AvgIpc) is 3.47. The van der Waals surface area contributed by atoms with Gasteiger partial charge in [-0.1, -0.05) is 398 Å². The minimum absolute atomic E-state index is 0.0235. The standard InChI is InChI=1S/C75H147NO5/c1-3-5-7-9-11-13-15-17-18-19-34-37-40-44-47-51-55-59-63-67-73(78)72(71-77)76-74(79)68-64-60-56-52-48-45-41-38-35-32-30-28-26-24-22-20-21-23-25-27-29-31-33-36-39-42-46-50-54-58-62-66-70-81-75(80)69-65-61-57-53-49-43-16-14-12-10-8-6-4-2/h63,67,72-73,77-78H,3-62,64-66,68-71H2,1-2H3,(H,76,79)/b67-63+. The molecule has 0 aromatic carbocycles. The van der Waals surface area contributed by atoms with Crippen molar-refractivity contribution >= 4 is 11.9 Å². The second-order valence-electron chi connectivity index (χ2n) is 26.0. The highest BCUT2D eigenvalue weighted by Crippen LogP contribution is 2.20. The second kappa shape index (κ2) is 71.1. The molecule has 0 aromatic heterocycles. The van der Waals surface area contributed by atoms with Crippen molar-refractivity contribution in [2.75, 3.05) is 13.2 Å². The summed E-state index contributed by atoms with van der Waals surface area (Å²) in [6.07, 6.45) is 88.9. The van der Waals surface area contributed by atoms with Gasteiger partial charge in [-0.3, -0.25) is 9.59 Å². The molecule has 3 N–H and O–H groups in total. The number of carbonyl (C=O) groups is 2. The molecule has 0 aliphatic rings. The fraction of sp³-hybridized carbons (Fsp3) is 0.947. The maximum atomic E-state index is 12.5. The molecule has 482 valence electrons. The van der Waals surface area contributed by atoms with Gasteiger partial charge in [-0.05, 0) is 32.1 Å². The minimum atomic E-state index is -0.841. The maximum absolute atomic E-state index is 12.5. The van der Waals surface area contributed by atoms with Crippen LogP contribution in [0.5, 0.6) is 0 Å². The summed E-state index contributed by atoms with van der Waals surface area (Å²) < 4.78 is 5.49. The van der Waals surface area contributed by atoms with Crippen molar-refractivity contribution in [2.24, 2.45) is 0 Å². The van der Waals surface area contributed by atoms with Gasteiger partial charge in [0.05, 0.1) is 25.4 Å². The monoisotopic (exact) mass is 1140 g/mol. The van der Waals surface area contributed by atoms with Crippen LogP contribution in [0.15, 0.2) is 12.2 Å². The van der Waals surface area contributed by atoms with E-state index in [4.69, 9.17) is 4.74 Å². The Balaban J connectivity index is 3.34. The first-order chi connectivity index (χ1) is 40.0. The van der Waals surface area contributed by atoms with E-state index in [1.807, 2.05) is 6.08 Å². The molecule has 0 aliphatic carbocycles. The van der Waals surface area contributed by atoms with Gasteiger partial charge in [0, 0.05) is 12.8 Å². The third kappa shape index (κ3) is 67.6. The third-order valence-electron chi connectivity index (χ3n) is 17.8. The first-order valence-corrected chi connectivity index (χ1v) is 37.5. The van der Waals surface area contributed by atoms with E-state index >= 15 is 0 Å². The zero-order valence-corrected chi connectivity index (χ0v) is 55.3. The van der Waals surface area contributed by atoms with Crippen LogP contribution < -0.4 is 5.32 Å². The summed E-state index contributed by atoms with van der Waals surface area (Å²) in [5, 5.41) is 23.2. The second-order valence-corrected chi connectivity index (χ2v) is 26.0. The van der Waals surface area contributed by atoms with Crippen molar-refractivity contribution in [1.82, 2.24) is 5.32 Å². The Labute approximate surface area is 508 Å². The first kappa shape index (κ1) is 79.6. The highest BCUT2D eigenvalue weighted by atomic mass is 16.5. The Morgan fingerprint density at radius 1 is 0.333 bits per heavy atom. The molecular formula is C75H147NO5. The van der Waals surface area contributed by atoms with Gasteiger partial charge in [-0.2, -0.15) is 0 Å². The topological polar surface area (TPSA) is 95.9 Å². The molecule has 0 bridgehead atoms. The zero-order valence-electron chi connectivity index (χ0n) is 55.3. The lowest BCUT2D eigenvalue weighted by Gasteiger charge is -2.20. The largest absolute Gasteiger partial charge is 0.466 e. The van der Waals surface area contributed by atoms with E-state index in [1.165, 1.54) is 366 Å². The number of allylic oxidation sites excluding steroid dienone is 1. The SMILES string of the molecule is CCCCCCCCCCCCCCCCCCC/C=C/C(O)C(CO)NC(=O)CCCCCCCCCCCCCCCCCCCCCCCCCCCCCCCCCCOC(=O)CCCCCCCCCCCCCCC. The molecule has 0 heterocycles. The molecule has 6 nitrogen and oxygen atoms in total. The molecule has 0 radical (unpaired) electrons. The van der Waals surface area contributed by atoms with Crippen molar-refractivity contribution in [3.05, 3.63) is 12.2 Å². The number of hydrogen-bond donors (Lipinski definition) is 3. The minimum Gasteiger partial charge on any atom is -0.466 e. The molecule has 2 unspecified atom stereocenters. The smallest absolute Gasteiger partial charge is 0.305 e. The number of nitrogens with one attached hydrogen (secondary N) is 1. The summed E-state index contributed by atoms with van der Waals surface area (Å²) in [5.41, 5.74) is 0. The van der Waals surface area contributed by atoms with Crippen LogP contribution in [0.4, 0.5) is 0 Å². The third-order valence-corrected chi connectivity index (χ3v) is 17.8. The fourth-order valence-electron chi connectivity index (χ4n) is 12.1. The van der Waals surface area contributed by atoms with Crippen LogP contribution >= 0.6 is 0 Å². The van der Waals surface area contributed by atoms with Crippen molar-refractivity contribution in [1.29, 1.82) is 0 Å². The van der Waals surface area contributed by atoms with Crippen LogP contribution in [0.1, 0.15) is 431 Å². The van der Waals surface area contributed by atoms with E-state index in [9.17, 15) is 19.8 Å². The van der Waals surface area contributed by atoms with E-state index < -0.39 is 12.1 Å². The molecule has 6 heteroatoms. The molecule has 0 saturated carbocycles. The lowest BCUT2D eigenvalue weighted by molar-refractivity contribution is -0.143. The summed E-state index contributed by atoms with van der Waals surface area (Å²) in [5.74, 6) is -0.0355. The zero-order chi connectivity index (χ0) is 58.5. The first-order valence-electron chi connectivity index (χ1n) is 37.5. The quantitative estimate of drug-likeness (QED) is 0.0320. The highest BCUT2D eigenvalue weighted by molar-refractivity contribution is 5.76. The lowest BCUT2D eigenvalue weighted by Crippen LogP contribution is -2.45. The molecule has 0 aromatic rings. The molecule has 0 spiro atoms. The van der Waals surface area contributed by atoms with Crippen LogP contribution in [0.3, 0.4) is 0 Å². The Bertz CT molecular complexity index is 1220. The fourth-order valence-corrected chi connectivity index (χ4v) is 12.1. The Morgan fingerprint density at radius 2 is 0.568 bits per heavy atom. The van der Waals surface area contributed by atoms with Gasteiger partial charge in [0.25, 0.3) is 0 Å². The number of rotatable bonds is 71. The number of unbranched alkanes of at least 4 members (excludes halogenated alkanes) is 60. The van der Waals surface area contributed by atoms with E-state index in [0.29, 0.717) is 19.4 Å². The summed E-state index contributed by atoms with van der Waals surface area (Å²) in [6.45, 7) is 4.96. The highest BCUT2D eigenvalue weighted by Gasteiger charge is 2.18. The predicted molar refractivity (Wildman–Crippen MR) is 357 cm³/mol. The number of amides is 1. The summed E-state index contributed by atoms with van der Waals surface area (Å²) >= 11 is 0. The van der Waals surface area contributed by atoms with Crippen molar-refractivity contribution in [3.63, 3.8) is 0 Å². The van der Waals surface area contributed by atoms with Gasteiger partial charge in [0.2, 0.25) is 5.91 Å². The number of aliphatic hydroxyl groups is 2. The van der Waals surface area contributed by atoms with Gasteiger partial charge in [0.1, 0.15) is 0 Å². The predicted octanol–water partition coefficient (Wildman–Crippen LogP) is 24.3. The maximum Gasteiger partial charge on any atom is 0.305 e. The van der Waals surface area contributed by atoms with Gasteiger partial charge < -0.3 is 20.3 Å². The van der Waals surface area contributed by atoms with Crippen LogP contribution in [-0.2, 0) is 14.3 Å². The molecule has 0 aliphatic heterocycles. The molecule has 0 saturated heterocycles. The molecular weight excluding hydrogens is 995 g/mol. The Morgan fingerprint density at radius 3 is 0.840 bits per heavy atom. The van der Waals surface area contributed by atoms with E-state index in [0.717, 1.165) is 38.5 Å². The normalized spacial score (nSPS) is 12.5.